The van der Waals surface area contributed by atoms with E-state index in [4.69, 9.17) is 0 Å². The van der Waals surface area contributed by atoms with E-state index in [1.165, 1.54) is 52.2 Å². The van der Waals surface area contributed by atoms with Gasteiger partial charge in [0.25, 0.3) is 0 Å². The van der Waals surface area contributed by atoms with Crippen LogP contribution in [0.1, 0.15) is 13.3 Å². The molecule has 0 N–H and O–H groups in total. The predicted molar refractivity (Wildman–Crippen MR) is 79.1 cm³/mol. The van der Waals surface area contributed by atoms with Gasteiger partial charge in [-0.25, -0.2) is 0 Å². The highest BCUT2D eigenvalue weighted by Crippen LogP contribution is 2.10. The molecule has 0 saturated carbocycles. The minimum atomic E-state index is 0.770. The quantitative estimate of drug-likeness (QED) is 0.687. The molecule has 0 radical (unpaired) electrons. The molecule has 3 nitrogen and oxygen atoms in total. The molecular weight excluding hydrogens is 230 g/mol. The largest absolute Gasteiger partial charge is 0.308 e. The van der Waals surface area contributed by atoms with Crippen molar-refractivity contribution < 1.29 is 0 Å². The lowest BCUT2D eigenvalue weighted by Crippen LogP contribution is -2.49. The Morgan fingerprint density at radius 1 is 1.12 bits per heavy atom. The molecule has 1 unspecified atom stereocenters. The molecule has 1 heterocycles. The number of nitrogens with zero attached hydrogens (tertiary/aromatic N) is 3. The van der Waals surface area contributed by atoms with Crippen LogP contribution in [0, 0.1) is 5.92 Å². The van der Waals surface area contributed by atoms with Crippen molar-refractivity contribution in [3.05, 3.63) is 0 Å². The number of piperazine rings is 1. The molecule has 1 fully saturated rings. The van der Waals surface area contributed by atoms with Gasteiger partial charge >= 0.3 is 0 Å². The van der Waals surface area contributed by atoms with E-state index < -0.39 is 0 Å². The second-order valence-electron chi connectivity index (χ2n) is 5.40. The summed E-state index contributed by atoms with van der Waals surface area (Å²) in [5, 5.41) is 0. The van der Waals surface area contributed by atoms with Crippen molar-refractivity contribution in [1.29, 1.82) is 0 Å². The van der Waals surface area contributed by atoms with Gasteiger partial charge in [-0.05, 0) is 25.8 Å². The number of rotatable bonds is 7. The fourth-order valence-corrected chi connectivity index (χ4v) is 2.59. The average molecular weight is 259 g/mol. The summed E-state index contributed by atoms with van der Waals surface area (Å²) < 4.78 is 0. The molecule has 4 heteroatoms. The predicted octanol–water partition coefficient (Wildman–Crippen LogP) is 1.12. The molecule has 102 valence electrons. The summed E-state index contributed by atoms with van der Waals surface area (Å²) in [6.07, 6.45) is 1.25. The van der Waals surface area contributed by atoms with Gasteiger partial charge in [0.15, 0.2) is 0 Å². The van der Waals surface area contributed by atoms with E-state index in [1.807, 2.05) is 0 Å². The topological polar surface area (TPSA) is 9.72 Å². The summed E-state index contributed by atoms with van der Waals surface area (Å²) in [4.78, 5) is 7.45. The lowest BCUT2D eigenvalue weighted by Gasteiger charge is -2.36. The van der Waals surface area contributed by atoms with Crippen molar-refractivity contribution in [3.8, 4) is 0 Å². The van der Waals surface area contributed by atoms with Crippen LogP contribution in [-0.4, -0.2) is 80.4 Å². The van der Waals surface area contributed by atoms with Crippen LogP contribution < -0.4 is 0 Å². The first-order valence-corrected chi connectivity index (χ1v) is 7.49. The van der Waals surface area contributed by atoms with Crippen LogP contribution in [0.15, 0.2) is 0 Å². The maximum Gasteiger partial charge on any atom is 0.0110 e. The van der Waals surface area contributed by atoms with Crippen LogP contribution >= 0.6 is 12.6 Å². The Morgan fingerprint density at radius 2 is 1.71 bits per heavy atom. The second kappa shape index (κ2) is 8.35. The van der Waals surface area contributed by atoms with E-state index in [0.717, 1.165) is 11.7 Å². The molecule has 0 amide bonds. The summed E-state index contributed by atoms with van der Waals surface area (Å²) in [5.41, 5.74) is 0. The fraction of sp³-hybridized carbons (Fsp3) is 1.00. The second-order valence-corrected chi connectivity index (χ2v) is 5.77. The van der Waals surface area contributed by atoms with Gasteiger partial charge in [-0.2, -0.15) is 12.6 Å². The van der Waals surface area contributed by atoms with Crippen molar-refractivity contribution in [3.63, 3.8) is 0 Å². The molecule has 0 aliphatic carbocycles. The minimum Gasteiger partial charge on any atom is -0.308 e. The van der Waals surface area contributed by atoms with Gasteiger partial charge in [-0.3, -0.25) is 4.90 Å². The van der Waals surface area contributed by atoms with E-state index in [2.05, 4.69) is 48.3 Å². The summed E-state index contributed by atoms with van der Waals surface area (Å²) in [6, 6.07) is 0. The van der Waals surface area contributed by atoms with Crippen molar-refractivity contribution in [1.82, 2.24) is 14.7 Å². The van der Waals surface area contributed by atoms with Crippen molar-refractivity contribution in [2.75, 3.05) is 65.7 Å². The number of thiol groups is 1. The van der Waals surface area contributed by atoms with Crippen LogP contribution in [0.4, 0.5) is 0 Å². The summed E-state index contributed by atoms with van der Waals surface area (Å²) in [5.74, 6) is 1.80. The highest BCUT2D eigenvalue weighted by molar-refractivity contribution is 7.80. The molecule has 0 spiro atoms. The number of likely N-dealkylation sites (N-methyl/N-ethyl adjacent to an activating group) is 1. The highest BCUT2D eigenvalue weighted by atomic mass is 32.1. The van der Waals surface area contributed by atoms with Crippen molar-refractivity contribution in [2.24, 2.45) is 5.92 Å². The van der Waals surface area contributed by atoms with Crippen LogP contribution in [0.2, 0.25) is 0 Å². The SMILES string of the molecule is CCC(CS)CN1CCN(CCN(C)C)CC1. The molecule has 0 aromatic heterocycles. The Kier molecular flexibility index (Phi) is 7.51. The molecule has 1 aliphatic rings. The summed E-state index contributed by atoms with van der Waals surface area (Å²) >= 11 is 4.43. The van der Waals surface area contributed by atoms with Gasteiger partial charge in [-0.1, -0.05) is 13.3 Å². The van der Waals surface area contributed by atoms with Crippen LogP contribution in [0.25, 0.3) is 0 Å². The van der Waals surface area contributed by atoms with Crippen LogP contribution in [0.5, 0.6) is 0 Å². The third-order valence-electron chi connectivity index (χ3n) is 3.68. The van der Waals surface area contributed by atoms with Crippen molar-refractivity contribution >= 4 is 12.6 Å². The third kappa shape index (κ3) is 6.09. The lowest BCUT2D eigenvalue weighted by molar-refractivity contribution is 0.114. The van der Waals surface area contributed by atoms with Gasteiger partial charge in [0.05, 0.1) is 0 Å². The first-order chi connectivity index (χ1) is 8.15. The molecule has 1 atom stereocenters. The molecule has 1 rings (SSSR count). The molecule has 0 aromatic rings. The Morgan fingerprint density at radius 3 is 2.18 bits per heavy atom. The molecule has 0 bridgehead atoms. The van der Waals surface area contributed by atoms with E-state index in [-0.39, 0.29) is 0 Å². The van der Waals surface area contributed by atoms with Gasteiger partial charge in [0.1, 0.15) is 0 Å². The normalized spacial score (nSPS) is 21.0. The third-order valence-corrected chi connectivity index (χ3v) is 4.20. The number of hydrogen-bond acceptors (Lipinski definition) is 4. The highest BCUT2D eigenvalue weighted by Gasteiger charge is 2.18. The van der Waals surface area contributed by atoms with E-state index in [1.54, 1.807) is 0 Å². The zero-order valence-electron chi connectivity index (χ0n) is 11.7. The first kappa shape index (κ1) is 15.3. The average Bonchev–Trinajstić information content (AvgIpc) is 2.34. The maximum atomic E-state index is 4.43. The zero-order valence-corrected chi connectivity index (χ0v) is 12.6. The van der Waals surface area contributed by atoms with Gasteiger partial charge in [0, 0.05) is 45.8 Å². The van der Waals surface area contributed by atoms with E-state index in [9.17, 15) is 0 Å². The molecule has 17 heavy (non-hydrogen) atoms. The van der Waals surface area contributed by atoms with E-state index in [0.29, 0.717) is 0 Å². The lowest BCUT2D eigenvalue weighted by atomic mass is 10.1. The minimum absolute atomic E-state index is 0.770. The monoisotopic (exact) mass is 259 g/mol. The smallest absolute Gasteiger partial charge is 0.0110 e. The van der Waals surface area contributed by atoms with Gasteiger partial charge < -0.3 is 9.80 Å². The van der Waals surface area contributed by atoms with Crippen LogP contribution in [0.3, 0.4) is 0 Å². The zero-order chi connectivity index (χ0) is 12.7. The van der Waals surface area contributed by atoms with E-state index >= 15 is 0 Å². The molecule has 1 saturated heterocycles. The van der Waals surface area contributed by atoms with Gasteiger partial charge in [-0.15, -0.1) is 0 Å². The summed E-state index contributed by atoms with van der Waals surface area (Å²) in [6.45, 7) is 10.8. The number of hydrogen-bond donors (Lipinski definition) is 1. The van der Waals surface area contributed by atoms with Crippen LogP contribution in [-0.2, 0) is 0 Å². The first-order valence-electron chi connectivity index (χ1n) is 6.86. The Balaban J connectivity index is 2.16. The maximum absolute atomic E-state index is 4.43. The van der Waals surface area contributed by atoms with Gasteiger partial charge in [0.2, 0.25) is 0 Å². The Hall–Kier alpha value is 0.230. The molecular formula is C13H29N3S. The van der Waals surface area contributed by atoms with Crippen molar-refractivity contribution in [2.45, 2.75) is 13.3 Å². The Bertz CT molecular complexity index is 187. The Labute approximate surface area is 113 Å². The fourth-order valence-electron chi connectivity index (χ4n) is 2.22. The standard InChI is InChI=1S/C13H29N3S/c1-4-13(12-17)11-16-9-7-15(8-10-16)6-5-14(2)3/h13,17H,4-12H2,1-3H3. The molecule has 0 aromatic carbocycles. The molecule has 1 aliphatic heterocycles. The summed E-state index contributed by atoms with van der Waals surface area (Å²) in [7, 11) is 4.30.